The molecule has 1 fully saturated rings. The molecule has 2 unspecified atom stereocenters. The predicted octanol–water partition coefficient (Wildman–Crippen LogP) is 6.33. The maximum Gasteiger partial charge on any atom is 0.121 e. The van der Waals surface area contributed by atoms with Crippen LogP contribution in [0.2, 0.25) is 0 Å². The number of para-hydroxylation sites is 2. The van der Waals surface area contributed by atoms with Gasteiger partial charge < -0.3 is 21.2 Å². The van der Waals surface area contributed by atoms with Gasteiger partial charge in [-0.2, -0.15) is 0 Å². The summed E-state index contributed by atoms with van der Waals surface area (Å²) >= 11 is 0. The average molecular weight is 470 g/mol. The SMILES string of the molecule is C=Cc1ccc(NC)cn1.CC.CCCCC(C)N1CCC1CC=O.CNc1ccccc1N. The maximum atomic E-state index is 10.4. The van der Waals surface area contributed by atoms with Gasteiger partial charge in [-0.25, -0.2) is 0 Å². The van der Waals surface area contributed by atoms with Crippen LogP contribution in [0.5, 0.6) is 0 Å². The van der Waals surface area contributed by atoms with Gasteiger partial charge in [-0.05, 0) is 50.1 Å². The fourth-order valence-corrected chi connectivity index (χ4v) is 3.47. The summed E-state index contributed by atoms with van der Waals surface area (Å²) in [4.78, 5) is 16.9. The molecule has 4 N–H and O–H groups in total. The molecule has 1 saturated heterocycles. The first kappa shape index (κ1) is 31.1. The lowest BCUT2D eigenvalue weighted by Gasteiger charge is -2.44. The lowest BCUT2D eigenvalue weighted by molar-refractivity contribution is -0.110. The number of nitrogens with zero attached hydrogens (tertiary/aromatic N) is 2. The minimum Gasteiger partial charge on any atom is -0.397 e. The van der Waals surface area contributed by atoms with Gasteiger partial charge in [-0.3, -0.25) is 9.88 Å². The molecule has 2 atom stereocenters. The average Bonchev–Trinajstić information content (AvgIpc) is 2.87. The minimum absolute atomic E-state index is 0.560. The molecule has 34 heavy (non-hydrogen) atoms. The standard InChI is InChI=1S/C11H21NO.C8H10N2.C7H10N2.C2H6/c1-3-4-5-10(2)12-8-6-11(12)7-9-13;1-3-7-4-5-8(9-2)6-10-7;1-9-7-5-3-2-4-6(7)8;1-2/h9-11H,3-8H2,1-2H3;3-6,9H,1H2,2H3;2-5,9H,8H2,1H3;1-2H3. The Morgan fingerprint density at radius 1 is 1.21 bits per heavy atom. The van der Waals surface area contributed by atoms with Crippen LogP contribution in [0.1, 0.15) is 65.5 Å². The number of pyridine rings is 1. The van der Waals surface area contributed by atoms with Crippen LogP contribution in [0.3, 0.4) is 0 Å². The Bertz CT molecular complexity index is 779. The van der Waals surface area contributed by atoms with Gasteiger partial charge >= 0.3 is 0 Å². The van der Waals surface area contributed by atoms with Crippen molar-refractivity contribution < 1.29 is 4.79 Å². The molecule has 0 amide bonds. The van der Waals surface area contributed by atoms with Crippen LogP contribution in [0.4, 0.5) is 17.1 Å². The number of nitrogens with two attached hydrogens (primary N) is 1. The van der Waals surface area contributed by atoms with E-state index in [9.17, 15) is 4.79 Å². The van der Waals surface area contributed by atoms with Crippen LogP contribution in [0.15, 0.2) is 49.2 Å². The molecule has 6 heteroatoms. The molecule has 0 spiro atoms. The normalized spacial score (nSPS) is 14.8. The highest BCUT2D eigenvalue weighted by molar-refractivity contribution is 5.65. The summed E-state index contributed by atoms with van der Waals surface area (Å²) in [5.41, 5.74) is 9.26. The van der Waals surface area contributed by atoms with Gasteiger partial charge in [0.25, 0.3) is 0 Å². The van der Waals surface area contributed by atoms with Crippen LogP contribution < -0.4 is 16.4 Å². The number of benzene rings is 1. The van der Waals surface area contributed by atoms with Gasteiger partial charge in [0.1, 0.15) is 6.29 Å². The Morgan fingerprint density at radius 2 is 1.91 bits per heavy atom. The van der Waals surface area contributed by atoms with Crippen molar-refractivity contribution in [3.05, 3.63) is 54.9 Å². The zero-order valence-electron chi connectivity index (χ0n) is 22.2. The molecule has 1 aliphatic rings. The van der Waals surface area contributed by atoms with Crippen molar-refractivity contribution in [3.63, 3.8) is 0 Å². The van der Waals surface area contributed by atoms with Gasteiger partial charge in [0.2, 0.25) is 0 Å². The van der Waals surface area contributed by atoms with Crippen molar-refractivity contribution in [2.45, 2.75) is 71.9 Å². The van der Waals surface area contributed by atoms with Crippen molar-refractivity contribution >= 4 is 29.4 Å². The Kier molecular flexibility index (Phi) is 17.9. The number of nitrogen functional groups attached to an aromatic ring is 1. The molecule has 0 aliphatic carbocycles. The second-order valence-corrected chi connectivity index (χ2v) is 7.84. The van der Waals surface area contributed by atoms with E-state index in [1.165, 1.54) is 32.2 Å². The van der Waals surface area contributed by atoms with E-state index in [2.05, 4.69) is 40.9 Å². The number of unbranched alkanes of at least 4 members (excludes halogenated alkanes) is 1. The molecule has 0 bridgehead atoms. The number of anilines is 3. The van der Waals surface area contributed by atoms with E-state index >= 15 is 0 Å². The number of carbonyl (C=O) groups is 1. The van der Waals surface area contributed by atoms with Crippen molar-refractivity contribution in [1.82, 2.24) is 9.88 Å². The number of hydrogen-bond acceptors (Lipinski definition) is 6. The summed E-state index contributed by atoms with van der Waals surface area (Å²) < 4.78 is 0. The van der Waals surface area contributed by atoms with Crippen LogP contribution in [-0.4, -0.2) is 48.9 Å². The third kappa shape index (κ3) is 11.8. The number of carbonyl (C=O) groups excluding carboxylic acids is 1. The number of nitrogens with one attached hydrogen (secondary N) is 2. The molecule has 1 aromatic carbocycles. The van der Waals surface area contributed by atoms with E-state index in [0.717, 1.165) is 35.5 Å². The largest absolute Gasteiger partial charge is 0.397 e. The Morgan fingerprint density at radius 3 is 2.32 bits per heavy atom. The summed E-state index contributed by atoms with van der Waals surface area (Å²) in [6.07, 6.45) is 10.4. The number of rotatable bonds is 9. The Labute approximate surface area is 208 Å². The third-order valence-corrected chi connectivity index (χ3v) is 5.61. The van der Waals surface area contributed by atoms with Gasteiger partial charge in [0.05, 0.1) is 29.0 Å². The van der Waals surface area contributed by atoms with Crippen molar-refractivity contribution in [2.24, 2.45) is 0 Å². The molecule has 1 aliphatic heterocycles. The van der Waals surface area contributed by atoms with Crippen LogP contribution >= 0.6 is 0 Å². The second kappa shape index (κ2) is 19.6. The fourth-order valence-electron chi connectivity index (χ4n) is 3.47. The quantitative estimate of drug-likeness (QED) is 0.294. The lowest BCUT2D eigenvalue weighted by Crippen LogP contribution is -2.52. The molecule has 2 heterocycles. The summed E-state index contributed by atoms with van der Waals surface area (Å²) in [6, 6.07) is 12.8. The van der Waals surface area contributed by atoms with Crippen molar-refractivity contribution in [3.8, 4) is 0 Å². The third-order valence-electron chi connectivity index (χ3n) is 5.61. The van der Waals surface area contributed by atoms with Gasteiger partial charge in [0, 0.05) is 39.1 Å². The zero-order chi connectivity index (χ0) is 25.8. The highest BCUT2D eigenvalue weighted by atomic mass is 16.1. The molecule has 6 nitrogen and oxygen atoms in total. The summed E-state index contributed by atoms with van der Waals surface area (Å²) in [5, 5.41) is 5.95. The van der Waals surface area contributed by atoms with Crippen molar-refractivity contribution in [1.29, 1.82) is 0 Å². The zero-order valence-corrected chi connectivity index (χ0v) is 22.2. The molecular formula is C28H47N5O. The van der Waals surface area contributed by atoms with E-state index in [4.69, 9.17) is 5.73 Å². The van der Waals surface area contributed by atoms with Gasteiger partial charge in [-0.1, -0.05) is 52.3 Å². The Hall–Kier alpha value is -2.86. The molecule has 3 rings (SSSR count). The van der Waals surface area contributed by atoms with E-state index in [1.807, 2.05) is 64.3 Å². The van der Waals surface area contributed by atoms with E-state index in [0.29, 0.717) is 12.1 Å². The minimum atomic E-state index is 0.560. The first-order valence-electron chi connectivity index (χ1n) is 12.5. The second-order valence-electron chi connectivity index (χ2n) is 7.84. The number of aromatic nitrogens is 1. The summed E-state index contributed by atoms with van der Waals surface area (Å²) in [6.45, 7) is 13.3. The number of aldehydes is 1. The summed E-state index contributed by atoms with van der Waals surface area (Å²) in [5.74, 6) is 0. The van der Waals surface area contributed by atoms with Gasteiger partial charge in [-0.15, -0.1) is 0 Å². The van der Waals surface area contributed by atoms with E-state index < -0.39 is 0 Å². The number of likely N-dealkylation sites (tertiary alicyclic amines) is 1. The van der Waals surface area contributed by atoms with Crippen LogP contribution in [-0.2, 0) is 4.79 Å². The van der Waals surface area contributed by atoms with Crippen LogP contribution in [0, 0.1) is 0 Å². The first-order chi connectivity index (χ1) is 16.5. The van der Waals surface area contributed by atoms with E-state index in [1.54, 1.807) is 12.3 Å². The topological polar surface area (TPSA) is 83.3 Å². The smallest absolute Gasteiger partial charge is 0.121 e. The molecule has 2 aromatic rings. The molecule has 0 radical (unpaired) electrons. The molecule has 1 aromatic heterocycles. The monoisotopic (exact) mass is 469 g/mol. The summed E-state index contributed by atoms with van der Waals surface area (Å²) in [7, 11) is 3.72. The molecule has 190 valence electrons. The maximum absolute atomic E-state index is 10.4. The van der Waals surface area contributed by atoms with Crippen LogP contribution in [0.25, 0.3) is 6.08 Å². The van der Waals surface area contributed by atoms with Gasteiger partial charge in [0.15, 0.2) is 0 Å². The highest BCUT2D eigenvalue weighted by Gasteiger charge is 2.30. The Balaban J connectivity index is 0.000000471. The lowest BCUT2D eigenvalue weighted by atomic mass is 9.96. The van der Waals surface area contributed by atoms with E-state index in [-0.39, 0.29) is 0 Å². The fraction of sp³-hybridized carbons (Fsp3) is 0.500. The first-order valence-corrected chi connectivity index (χ1v) is 12.5. The molecule has 0 saturated carbocycles. The van der Waals surface area contributed by atoms with Crippen molar-refractivity contribution in [2.75, 3.05) is 37.0 Å². The number of hydrogen-bond donors (Lipinski definition) is 3. The highest BCUT2D eigenvalue weighted by Crippen LogP contribution is 2.24. The molecular weight excluding hydrogens is 422 g/mol. The predicted molar refractivity (Wildman–Crippen MR) is 150 cm³/mol.